The van der Waals surface area contributed by atoms with E-state index in [4.69, 9.17) is 25.0 Å². The summed E-state index contributed by atoms with van der Waals surface area (Å²) in [4.78, 5) is 18.5. The highest BCUT2D eigenvalue weighted by Gasteiger charge is 2.47. The lowest BCUT2D eigenvalue weighted by molar-refractivity contribution is 0.0974. The number of rotatable bonds is 3. The first kappa shape index (κ1) is 22.6. The van der Waals surface area contributed by atoms with Gasteiger partial charge in [-0.25, -0.2) is 9.97 Å². The molecule has 0 saturated carbocycles. The van der Waals surface area contributed by atoms with Crippen LogP contribution in [-0.2, 0) is 4.74 Å². The minimum atomic E-state index is 0.0804. The fourth-order valence-corrected chi connectivity index (χ4v) is 6.23. The van der Waals surface area contributed by atoms with Crippen LogP contribution in [-0.4, -0.2) is 68.7 Å². The SMILES string of the molecule is C[C@@H]1OCC2(CCN(c3cnc4c(N5CC[C@H](C)c6cc(-c7ncon7)ccc65)n[nH]c4n3)CC2)[C@@H]1N. The number of fused-ring (bicyclic) bond motifs is 2. The van der Waals surface area contributed by atoms with Gasteiger partial charge in [-0.15, -0.1) is 0 Å². The van der Waals surface area contributed by atoms with Crippen molar-refractivity contribution in [3.8, 4) is 11.4 Å². The summed E-state index contributed by atoms with van der Waals surface area (Å²) in [5.41, 5.74) is 11.4. The summed E-state index contributed by atoms with van der Waals surface area (Å²) in [6.07, 6.45) is 6.36. The van der Waals surface area contributed by atoms with E-state index in [0.717, 1.165) is 73.9 Å². The van der Waals surface area contributed by atoms with Crippen LogP contribution in [0.3, 0.4) is 0 Å². The molecule has 0 aliphatic carbocycles. The lowest BCUT2D eigenvalue weighted by Gasteiger charge is -2.41. The minimum absolute atomic E-state index is 0.0804. The van der Waals surface area contributed by atoms with Gasteiger partial charge in [0.15, 0.2) is 17.0 Å². The van der Waals surface area contributed by atoms with Crippen molar-refractivity contribution in [3.63, 3.8) is 0 Å². The van der Waals surface area contributed by atoms with E-state index in [9.17, 15) is 0 Å². The molecule has 6 heterocycles. The van der Waals surface area contributed by atoms with Gasteiger partial charge in [-0.05, 0) is 55.9 Å². The largest absolute Gasteiger partial charge is 0.376 e. The fourth-order valence-electron chi connectivity index (χ4n) is 6.23. The Hall–Kier alpha value is -3.57. The monoisotopic (exact) mass is 501 g/mol. The second kappa shape index (κ2) is 8.49. The average molecular weight is 502 g/mol. The quantitative estimate of drug-likeness (QED) is 0.430. The third-order valence-corrected chi connectivity index (χ3v) is 8.68. The van der Waals surface area contributed by atoms with E-state index in [1.54, 1.807) is 0 Å². The summed E-state index contributed by atoms with van der Waals surface area (Å²) in [6, 6.07) is 6.39. The lowest BCUT2D eigenvalue weighted by Crippen LogP contribution is -2.50. The van der Waals surface area contributed by atoms with Crippen molar-refractivity contribution in [2.24, 2.45) is 11.1 Å². The smallest absolute Gasteiger partial charge is 0.214 e. The fraction of sp³-hybridized carbons (Fsp3) is 0.500. The molecule has 3 aromatic heterocycles. The summed E-state index contributed by atoms with van der Waals surface area (Å²) in [5.74, 6) is 2.67. The summed E-state index contributed by atoms with van der Waals surface area (Å²) in [6.45, 7) is 7.72. The molecular formula is C26H31N9O2. The zero-order chi connectivity index (χ0) is 25.1. The van der Waals surface area contributed by atoms with Crippen LogP contribution >= 0.6 is 0 Å². The van der Waals surface area contributed by atoms with Crippen molar-refractivity contribution >= 4 is 28.5 Å². The average Bonchev–Trinajstić information content (AvgIpc) is 3.67. The van der Waals surface area contributed by atoms with E-state index in [-0.39, 0.29) is 17.6 Å². The number of nitrogens with zero attached hydrogens (tertiary/aromatic N) is 7. The van der Waals surface area contributed by atoms with Crippen LogP contribution in [0.2, 0.25) is 0 Å². The molecule has 3 aliphatic rings. The van der Waals surface area contributed by atoms with Crippen LogP contribution in [0.25, 0.3) is 22.6 Å². The highest BCUT2D eigenvalue weighted by Crippen LogP contribution is 2.43. The van der Waals surface area contributed by atoms with Crippen LogP contribution < -0.4 is 15.5 Å². The molecule has 1 aromatic carbocycles. The van der Waals surface area contributed by atoms with E-state index in [1.165, 1.54) is 12.0 Å². The number of benzene rings is 1. The van der Waals surface area contributed by atoms with Gasteiger partial charge in [-0.1, -0.05) is 12.1 Å². The minimum Gasteiger partial charge on any atom is -0.376 e. The van der Waals surface area contributed by atoms with Gasteiger partial charge in [0.2, 0.25) is 12.2 Å². The van der Waals surface area contributed by atoms with Crippen molar-refractivity contribution in [1.29, 1.82) is 0 Å². The van der Waals surface area contributed by atoms with Crippen molar-refractivity contribution < 1.29 is 9.26 Å². The Morgan fingerprint density at radius 2 is 2.00 bits per heavy atom. The number of aromatic nitrogens is 6. The summed E-state index contributed by atoms with van der Waals surface area (Å²) >= 11 is 0. The standard InChI is InChI=1S/C26H31N9O2/c1-15-5-8-35(19-4-3-17(11-18(15)19)23-29-14-37-33-23)25-21-24(31-32-25)30-20(12-28-21)34-9-6-26(7-10-34)13-36-16(2)22(26)27/h3-4,11-12,14-16,22H,5-10,13,27H2,1-2H3,(H,30,31,32)/t15-,16-,22+/m0/s1. The predicted octanol–water partition coefficient (Wildman–Crippen LogP) is 3.38. The number of H-pyrrole nitrogens is 1. The Bertz CT molecular complexity index is 1430. The van der Waals surface area contributed by atoms with E-state index in [0.29, 0.717) is 17.4 Å². The number of piperidine rings is 1. The lowest BCUT2D eigenvalue weighted by atomic mass is 9.73. The Balaban J connectivity index is 1.15. The van der Waals surface area contributed by atoms with E-state index >= 15 is 0 Å². The summed E-state index contributed by atoms with van der Waals surface area (Å²) in [5, 5.41) is 11.8. The van der Waals surface area contributed by atoms with Gasteiger partial charge in [0.05, 0.1) is 18.9 Å². The third kappa shape index (κ3) is 3.59. The number of anilines is 3. The number of nitrogens with one attached hydrogen (secondary N) is 1. The summed E-state index contributed by atoms with van der Waals surface area (Å²) < 4.78 is 10.8. The van der Waals surface area contributed by atoms with E-state index in [1.807, 2.05) is 12.3 Å². The molecule has 0 radical (unpaired) electrons. The van der Waals surface area contributed by atoms with Crippen molar-refractivity contribution in [3.05, 3.63) is 36.4 Å². The number of aromatic amines is 1. The van der Waals surface area contributed by atoms with Crippen LogP contribution in [0.5, 0.6) is 0 Å². The van der Waals surface area contributed by atoms with Gasteiger partial charge < -0.3 is 24.8 Å². The molecule has 11 heteroatoms. The molecule has 2 fully saturated rings. The molecule has 4 aromatic rings. The van der Waals surface area contributed by atoms with Crippen LogP contribution in [0.4, 0.5) is 17.3 Å². The van der Waals surface area contributed by atoms with Gasteiger partial charge in [-0.2, -0.15) is 10.1 Å². The Kier molecular flexibility index (Phi) is 5.19. The van der Waals surface area contributed by atoms with Gasteiger partial charge in [-0.3, -0.25) is 5.10 Å². The summed E-state index contributed by atoms with van der Waals surface area (Å²) in [7, 11) is 0. The second-order valence-electron chi connectivity index (χ2n) is 10.7. The maximum atomic E-state index is 6.50. The Labute approximate surface area is 214 Å². The first-order valence-electron chi connectivity index (χ1n) is 13.0. The molecule has 0 bridgehead atoms. The van der Waals surface area contributed by atoms with Crippen LogP contribution in [0, 0.1) is 5.41 Å². The molecule has 3 atom stereocenters. The maximum Gasteiger partial charge on any atom is 0.214 e. The van der Waals surface area contributed by atoms with Crippen LogP contribution in [0.1, 0.15) is 44.6 Å². The van der Waals surface area contributed by atoms with Crippen molar-refractivity contribution in [2.75, 3.05) is 36.0 Å². The van der Waals surface area contributed by atoms with Gasteiger partial charge in [0.25, 0.3) is 0 Å². The zero-order valence-electron chi connectivity index (χ0n) is 21.1. The maximum absolute atomic E-state index is 6.50. The number of hydrogen-bond donors (Lipinski definition) is 2. The molecule has 0 amide bonds. The van der Waals surface area contributed by atoms with Gasteiger partial charge in [0.1, 0.15) is 5.82 Å². The molecule has 2 saturated heterocycles. The molecule has 3 aliphatic heterocycles. The first-order valence-corrected chi connectivity index (χ1v) is 13.0. The molecule has 0 unspecified atom stereocenters. The van der Waals surface area contributed by atoms with Crippen molar-refractivity contribution in [2.45, 2.75) is 51.2 Å². The van der Waals surface area contributed by atoms with Gasteiger partial charge >= 0.3 is 0 Å². The second-order valence-corrected chi connectivity index (χ2v) is 10.7. The number of ether oxygens (including phenoxy) is 1. The first-order chi connectivity index (χ1) is 18.0. The molecule has 37 heavy (non-hydrogen) atoms. The Morgan fingerprint density at radius 3 is 2.76 bits per heavy atom. The number of hydrogen-bond acceptors (Lipinski definition) is 10. The normalized spacial score (nSPS) is 25.2. The van der Waals surface area contributed by atoms with Crippen molar-refractivity contribution in [1.82, 2.24) is 30.3 Å². The molecule has 3 N–H and O–H groups in total. The predicted molar refractivity (Wildman–Crippen MR) is 139 cm³/mol. The molecule has 7 rings (SSSR count). The van der Waals surface area contributed by atoms with E-state index in [2.05, 4.69) is 56.1 Å². The van der Waals surface area contributed by atoms with E-state index < -0.39 is 0 Å². The van der Waals surface area contributed by atoms with Gasteiger partial charge in [0, 0.05) is 42.3 Å². The third-order valence-electron chi connectivity index (χ3n) is 8.68. The Morgan fingerprint density at radius 1 is 1.14 bits per heavy atom. The molecule has 192 valence electrons. The highest BCUT2D eigenvalue weighted by molar-refractivity contribution is 5.88. The highest BCUT2D eigenvalue weighted by atomic mass is 16.5. The molecular weight excluding hydrogens is 470 g/mol. The zero-order valence-corrected chi connectivity index (χ0v) is 21.1. The van der Waals surface area contributed by atoms with Crippen LogP contribution in [0.15, 0.2) is 35.3 Å². The molecule has 1 spiro atoms. The molecule has 11 nitrogen and oxygen atoms in total. The number of nitrogens with two attached hydrogens (primary N) is 1. The topological polar surface area (TPSA) is 135 Å².